The van der Waals surface area contributed by atoms with Gasteiger partial charge in [0.05, 0.1) is 18.8 Å². The topological polar surface area (TPSA) is 54.8 Å². The average Bonchev–Trinajstić information content (AvgIpc) is 3.02. The molecule has 2 saturated heterocycles. The zero-order valence-electron chi connectivity index (χ0n) is 14.1. The van der Waals surface area contributed by atoms with E-state index in [0.29, 0.717) is 31.9 Å². The van der Waals surface area contributed by atoms with Crippen LogP contribution in [-0.4, -0.2) is 64.6 Å². The lowest BCUT2D eigenvalue weighted by atomic mass is 9.98. The third-order valence-electron chi connectivity index (χ3n) is 4.83. The number of ether oxygens (including phenoxy) is 1. The fourth-order valence-electron chi connectivity index (χ4n) is 3.63. The Bertz CT molecular complexity index is 596. The molecule has 0 spiro atoms. The van der Waals surface area contributed by atoms with Crippen molar-refractivity contribution in [2.75, 3.05) is 26.2 Å². The Morgan fingerprint density at radius 2 is 2.09 bits per heavy atom. The van der Waals surface area contributed by atoms with E-state index in [2.05, 4.69) is 13.8 Å². The van der Waals surface area contributed by atoms with E-state index >= 15 is 0 Å². The maximum Gasteiger partial charge on any atom is 0.270 e. The van der Waals surface area contributed by atoms with Gasteiger partial charge < -0.3 is 19.1 Å². The molecule has 1 aromatic rings. The molecule has 6 nitrogen and oxygen atoms in total. The van der Waals surface area contributed by atoms with Crippen LogP contribution in [0.5, 0.6) is 0 Å². The number of hydrogen-bond donors (Lipinski definition) is 0. The summed E-state index contributed by atoms with van der Waals surface area (Å²) in [6, 6.07) is 4.00. The molecule has 2 aliphatic heterocycles. The Kier molecular flexibility index (Phi) is 4.43. The van der Waals surface area contributed by atoms with Crippen LogP contribution in [0.25, 0.3) is 0 Å². The monoisotopic (exact) mass is 319 g/mol. The Morgan fingerprint density at radius 3 is 2.78 bits per heavy atom. The Labute approximate surface area is 137 Å². The van der Waals surface area contributed by atoms with Crippen molar-refractivity contribution in [1.82, 2.24) is 14.4 Å². The van der Waals surface area contributed by atoms with Gasteiger partial charge in [-0.15, -0.1) is 0 Å². The zero-order valence-corrected chi connectivity index (χ0v) is 14.1. The van der Waals surface area contributed by atoms with Gasteiger partial charge in [-0.2, -0.15) is 0 Å². The second-order valence-electron chi connectivity index (χ2n) is 6.62. The van der Waals surface area contributed by atoms with Crippen molar-refractivity contribution in [3.63, 3.8) is 0 Å². The number of nitrogens with zero attached hydrogens (tertiary/aromatic N) is 3. The van der Waals surface area contributed by atoms with Crippen molar-refractivity contribution >= 4 is 11.8 Å². The Morgan fingerprint density at radius 1 is 1.30 bits per heavy atom. The molecular weight excluding hydrogens is 294 g/mol. The van der Waals surface area contributed by atoms with Crippen molar-refractivity contribution < 1.29 is 14.3 Å². The lowest BCUT2D eigenvalue weighted by Gasteiger charge is -2.46. The van der Waals surface area contributed by atoms with Gasteiger partial charge in [-0.3, -0.25) is 9.59 Å². The highest BCUT2D eigenvalue weighted by Gasteiger charge is 2.40. The van der Waals surface area contributed by atoms with Gasteiger partial charge in [0.2, 0.25) is 5.91 Å². The van der Waals surface area contributed by atoms with Gasteiger partial charge in [0.1, 0.15) is 5.69 Å². The first-order valence-corrected chi connectivity index (χ1v) is 8.34. The fraction of sp³-hybridized carbons (Fsp3) is 0.647. The average molecular weight is 319 g/mol. The third-order valence-corrected chi connectivity index (χ3v) is 4.83. The number of carbonyl (C=O) groups excluding carboxylic acids is 2. The van der Waals surface area contributed by atoms with Crippen LogP contribution in [0.4, 0.5) is 0 Å². The van der Waals surface area contributed by atoms with Crippen LogP contribution in [-0.2, 0) is 9.53 Å². The molecule has 2 amide bonds. The lowest BCUT2D eigenvalue weighted by Crippen LogP contribution is -2.61. The van der Waals surface area contributed by atoms with E-state index in [0.717, 1.165) is 6.42 Å². The van der Waals surface area contributed by atoms with Gasteiger partial charge >= 0.3 is 0 Å². The standard InChI is InChI=1S/C17H25N3O3/c1-12(2)19-7-4-5-14(19)17(22)18-8-6-16-15(11-18)20(13(3)21)9-10-23-16/h4-5,7,12,15-16H,6,8-11H2,1-3H3. The van der Waals surface area contributed by atoms with Crippen LogP contribution in [0, 0.1) is 0 Å². The largest absolute Gasteiger partial charge is 0.374 e. The molecule has 3 heterocycles. The lowest BCUT2D eigenvalue weighted by molar-refractivity contribution is -0.149. The number of fused-ring (bicyclic) bond motifs is 1. The van der Waals surface area contributed by atoms with Crippen molar-refractivity contribution in [3.8, 4) is 0 Å². The maximum absolute atomic E-state index is 12.9. The number of rotatable bonds is 2. The van der Waals surface area contributed by atoms with Crippen LogP contribution < -0.4 is 0 Å². The second kappa shape index (κ2) is 6.35. The molecule has 0 aromatic carbocycles. The van der Waals surface area contributed by atoms with Gasteiger partial charge in [0.25, 0.3) is 5.91 Å². The molecule has 126 valence electrons. The number of aromatic nitrogens is 1. The van der Waals surface area contributed by atoms with Crippen LogP contribution in [0.3, 0.4) is 0 Å². The summed E-state index contributed by atoms with van der Waals surface area (Å²) in [5, 5.41) is 0. The molecule has 0 radical (unpaired) electrons. The van der Waals surface area contributed by atoms with Crippen LogP contribution in [0.2, 0.25) is 0 Å². The first kappa shape index (κ1) is 16.1. The summed E-state index contributed by atoms with van der Waals surface area (Å²) in [5.74, 6) is 0.0966. The van der Waals surface area contributed by atoms with Crippen LogP contribution >= 0.6 is 0 Å². The number of hydrogen-bond acceptors (Lipinski definition) is 3. The molecule has 0 bridgehead atoms. The predicted octanol–water partition coefficient (Wildman–Crippen LogP) is 1.53. The van der Waals surface area contributed by atoms with E-state index in [1.807, 2.05) is 32.7 Å². The summed E-state index contributed by atoms with van der Waals surface area (Å²) in [6.07, 6.45) is 2.77. The van der Waals surface area contributed by atoms with E-state index in [-0.39, 0.29) is 30.0 Å². The first-order valence-electron chi connectivity index (χ1n) is 8.34. The number of morpholine rings is 1. The molecule has 0 N–H and O–H groups in total. The van der Waals surface area contributed by atoms with Crippen molar-refractivity contribution in [1.29, 1.82) is 0 Å². The highest BCUT2D eigenvalue weighted by molar-refractivity contribution is 5.93. The van der Waals surface area contributed by atoms with Crippen molar-refractivity contribution in [3.05, 3.63) is 24.0 Å². The minimum atomic E-state index is -0.0265. The first-order chi connectivity index (χ1) is 11.0. The molecule has 23 heavy (non-hydrogen) atoms. The van der Waals surface area contributed by atoms with Gasteiger partial charge in [-0.05, 0) is 32.4 Å². The number of carbonyl (C=O) groups is 2. The molecular formula is C17H25N3O3. The number of likely N-dealkylation sites (tertiary alicyclic amines) is 1. The smallest absolute Gasteiger partial charge is 0.270 e. The van der Waals surface area contributed by atoms with Gasteiger partial charge in [-0.1, -0.05) is 0 Å². The normalized spacial score (nSPS) is 24.7. The molecule has 2 aliphatic rings. The van der Waals surface area contributed by atoms with Crippen LogP contribution in [0.1, 0.15) is 43.7 Å². The Balaban J connectivity index is 1.78. The molecule has 0 aliphatic carbocycles. The summed E-state index contributed by atoms with van der Waals surface area (Å²) in [5.41, 5.74) is 0.713. The van der Waals surface area contributed by atoms with E-state index in [9.17, 15) is 9.59 Å². The third kappa shape index (κ3) is 3.00. The summed E-state index contributed by atoms with van der Waals surface area (Å²) < 4.78 is 7.80. The fourth-order valence-corrected chi connectivity index (χ4v) is 3.63. The number of piperidine rings is 1. The van der Waals surface area contributed by atoms with E-state index in [1.54, 1.807) is 6.92 Å². The Hall–Kier alpha value is -1.82. The van der Waals surface area contributed by atoms with Crippen molar-refractivity contribution in [2.45, 2.75) is 45.4 Å². The van der Waals surface area contributed by atoms with Gasteiger partial charge in [0, 0.05) is 38.8 Å². The molecule has 2 fully saturated rings. The number of amides is 2. The van der Waals surface area contributed by atoms with E-state index in [1.165, 1.54) is 0 Å². The van der Waals surface area contributed by atoms with E-state index < -0.39 is 0 Å². The predicted molar refractivity (Wildman–Crippen MR) is 86.3 cm³/mol. The SMILES string of the molecule is CC(=O)N1CCOC2CCN(C(=O)c3cccn3C(C)C)CC21. The minimum absolute atomic E-state index is 0.0265. The molecule has 2 atom stereocenters. The highest BCUT2D eigenvalue weighted by atomic mass is 16.5. The zero-order chi connectivity index (χ0) is 16.6. The van der Waals surface area contributed by atoms with E-state index in [4.69, 9.17) is 4.74 Å². The van der Waals surface area contributed by atoms with Crippen LogP contribution in [0.15, 0.2) is 18.3 Å². The molecule has 2 unspecified atom stereocenters. The molecule has 0 saturated carbocycles. The highest BCUT2D eigenvalue weighted by Crippen LogP contribution is 2.25. The maximum atomic E-state index is 12.9. The molecule has 3 rings (SSSR count). The molecule has 1 aromatic heterocycles. The quantitative estimate of drug-likeness (QED) is 0.831. The summed E-state index contributed by atoms with van der Waals surface area (Å²) in [6.45, 7) is 8.14. The summed E-state index contributed by atoms with van der Waals surface area (Å²) >= 11 is 0. The summed E-state index contributed by atoms with van der Waals surface area (Å²) in [7, 11) is 0. The van der Waals surface area contributed by atoms with Gasteiger partial charge in [0.15, 0.2) is 0 Å². The molecule has 6 heteroatoms. The second-order valence-corrected chi connectivity index (χ2v) is 6.62. The summed E-state index contributed by atoms with van der Waals surface area (Å²) in [4.78, 5) is 28.5. The van der Waals surface area contributed by atoms with Gasteiger partial charge in [-0.25, -0.2) is 0 Å². The minimum Gasteiger partial charge on any atom is -0.374 e. The van der Waals surface area contributed by atoms with Crippen molar-refractivity contribution in [2.24, 2.45) is 0 Å².